The van der Waals surface area contributed by atoms with E-state index < -0.39 is 12.1 Å². The molecule has 1 atom stereocenters. The number of morpholine rings is 1. The van der Waals surface area contributed by atoms with Crippen LogP contribution in [0.5, 0.6) is 11.5 Å². The van der Waals surface area contributed by atoms with Gasteiger partial charge in [-0.3, -0.25) is 15.0 Å². The Morgan fingerprint density at radius 3 is 2.60 bits per heavy atom. The fourth-order valence-corrected chi connectivity index (χ4v) is 4.42. The number of aliphatic carboxylic acids is 1. The van der Waals surface area contributed by atoms with Crippen molar-refractivity contribution in [2.75, 3.05) is 46.1 Å². The van der Waals surface area contributed by atoms with Gasteiger partial charge in [0.15, 0.2) is 0 Å². The molecule has 10 nitrogen and oxygen atoms in total. The highest BCUT2D eigenvalue weighted by molar-refractivity contribution is 5.86. The summed E-state index contributed by atoms with van der Waals surface area (Å²) in [5.74, 6) is -1.18. The molecule has 0 bridgehead atoms. The quantitative estimate of drug-likeness (QED) is 0.244. The summed E-state index contributed by atoms with van der Waals surface area (Å²) in [6, 6.07) is 16.2. The van der Waals surface area contributed by atoms with E-state index in [1.54, 1.807) is 6.20 Å². The summed E-state index contributed by atoms with van der Waals surface area (Å²) in [4.78, 5) is 15.6. The van der Waals surface area contributed by atoms with E-state index in [0.29, 0.717) is 25.4 Å². The average Bonchev–Trinajstić information content (AvgIpc) is 3.36. The molecular formula is C30H34F3N5O5. The molecule has 0 spiro atoms. The molecule has 1 saturated heterocycles. The standard InChI is InChI=1S/C28H33N5O3.C2HF3O2/c1-20-27-16-22(5-6-28(27)32-31-20)23-15-26(18-30-17-23)36-19-24(29)13-21-3-2-4-25(14-21)35-12-9-33-7-10-34-11-8-33;3-2(4,5)1(6)7/h2-6,14-18,24H,7-13,19,29H2,1H3,(H,31,32);(H,6,7)/t24-;/m0./s1. The number of aromatic nitrogens is 3. The molecule has 4 N–H and O–H groups in total. The lowest BCUT2D eigenvalue weighted by atomic mass is 10.0. The molecule has 1 aliphatic rings. The number of carboxylic acids is 1. The highest BCUT2D eigenvalue weighted by atomic mass is 19.4. The van der Waals surface area contributed by atoms with Crippen LogP contribution in [-0.2, 0) is 16.0 Å². The minimum atomic E-state index is -5.08. The lowest BCUT2D eigenvalue weighted by Crippen LogP contribution is -2.38. The number of H-pyrrole nitrogens is 1. The van der Waals surface area contributed by atoms with Crippen molar-refractivity contribution in [3.63, 3.8) is 0 Å². The first kappa shape index (κ1) is 31.7. The molecule has 3 heterocycles. The van der Waals surface area contributed by atoms with Crippen LogP contribution in [0.2, 0.25) is 0 Å². The van der Waals surface area contributed by atoms with Crippen LogP contribution in [0.15, 0.2) is 60.9 Å². The lowest BCUT2D eigenvalue weighted by molar-refractivity contribution is -0.192. The number of carbonyl (C=O) groups is 1. The lowest BCUT2D eigenvalue weighted by Gasteiger charge is -2.26. The third-order valence-corrected chi connectivity index (χ3v) is 6.67. The van der Waals surface area contributed by atoms with E-state index in [2.05, 4.69) is 38.3 Å². The van der Waals surface area contributed by atoms with Crippen molar-refractivity contribution in [1.29, 1.82) is 0 Å². The van der Waals surface area contributed by atoms with E-state index in [1.807, 2.05) is 43.5 Å². The maximum atomic E-state index is 10.6. The number of hydrogen-bond acceptors (Lipinski definition) is 8. The minimum absolute atomic E-state index is 0.151. The first-order chi connectivity index (χ1) is 20.6. The number of carboxylic acid groups (broad SMARTS) is 1. The molecule has 13 heteroatoms. The zero-order chi connectivity index (χ0) is 30.8. The van der Waals surface area contributed by atoms with E-state index in [1.165, 1.54) is 0 Å². The van der Waals surface area contributed by atoms with Gasteiger partial charge in [0.25, 0.3) is 0 Å². The number of nitrogens with two attached hydrogens (primary N) is 1. The Labute approximate surface area is 246 Å². The molecule has 1 aliphatic heterocycles. The number of fused-ring (bicyclic) bond motifs is 1. The maximum absolute atomic E-state index is 10.6. The first-order valence-corrected chi connectivity index (χ1v) is 13.7. The van der Waals surface area contributed by atoms with Gasteiger partial charge in [0, 0.05) is 48.5 Å². The average molecular weight is 602 g/mol. The van der Waals surface area contributed by atoms with Crippen molar-refractivity contribution in [1.82, 2.24) is 20.1 Å². The monoisotopic (exact) mass is 601 g/mol. The van der Waals surface area contributed by atoms with Crippen LogP contribution in [0.3, 0.4) is 0 Å². The molecule has 1 fully saturated rings. The van der Waals surface area contributed by atoms with Crippen molar-refractivity contribution in [2.24, 2.45) is 5.73 Å². The van der Waals surface area contributed by atoms with Crippen LogP contribution < -0.4 is 15.2 Å². The van der Waals surface area contributed by atoms with Crippen molar-refractivity contribution >= 4 is 16.9 Å². The van der Waals surface area contributed by atoms with E-state index >= 15 is 0 Å². The summed E-state index contributed by atoms with van der Waals surface area (Å²) in [6.45, 7) is 7.52. The van der Waals surface area contributed by atoms with Crippen LogP contribution >= 0.6 is 0 Å². The van der Waals surface area contributed by atoms with Gasteiger partial charge in [0.1, 0.15) is 24.7 Å². The first-order valence-electron chi connectivity index (χ1n) is 13.7. The van der Waals surface area contributed by atoms with Crippen molar-refractivity contribution < 1.29 is 37.3 Å². The summed E-state index contributed by atoms with van der Waals surface area (Å²) < 4.78 is 49.1. The molecular weight excluding hydrogens is 567 g/mol. The predicted molar refractivity (Wildman–Crippen MR) is 154 cm³/mol. The largest absolute Gasteiger partial charge is 0.492 e. The van der Waals surface area contributed by atoms with Gasteiger partial charge in [-0.05, 0) is 54.8 Å². The SMILES string of the molecule is Cc1[nH]nc2ccc(-c3cncc(OC[C@@H](N)Cc4cccc(OCCN5CCOCC5)c4)c3)cc12.O=C(O)C(F)(F)F. The molecule has 0 saturated carbocycles. The Balaban J connectivity index is 0.000000541. The van der Waals surface area contributed by atoms with Crippen LogP contribution in [0, 0.1) is 6.92 Å². The zero-order valence-corrected chi connectivity index (χ0v) is 23.6. The molecule has 0 aliphatic carbocycles. The Morgan fingerprint density at radius 1 is 1.09 bits per heavy atom. The van der Waals surface area contributed by atoms with Crippen LogP contribution in [0.1, 0.15) is 11.3 Å². The number of benzene rings is 2. The van der Waals surface area contributed by atoms with Crippen LogP contribution in [-0.4, -0.2) is 89.4 Å². The fraction of sp³-hybridized carbons (Fsp3) is 0.367. The number of alkyl halides is 3. The zero-order valence-electron chi connectivity index (χ0n) is 23.6. The third-order valence-electron chi connectivity index (χ3n) is 6.67. The smallest absolute Gasteiger partial charge is 0.490 e. The van der Waals surface area contributed by atoms with Crippen molar-refractivity contribution in [3.8, 4) is 22.6 Å². The highest BCUT2D eigenvalue weighted by Crippen LogP contribution is 2.27. The number of ether oxygens (including phenoxy) is 3. The van der Waals surface area contributed by atoms with Crippen molar-refractivity contribution in [2.45, 2.75) is 25.6 Å². The summed E-state index contributed by atoms with van der Waals surface area (Å²) in [5.41, 5.74) is 11.6. The summed E-state index contributed by atoms with van der Waals surface area (Å²) in [5, 5.41) is 15.6. The molecule has 0 amide bonds. The minimum Gasteiger partial charge on any atom is -0.492 e. The predicted octanol–water partition coefficient (Wildman–Crippen LogP) is 4.23. The number of hydrogen-bond donors (Lipinski definition) is 3. The second kappa shape index (κ2) is 14.8. The fourth-order valence-electron chi connectivity index (χ4n) is 4.42. The second-order valence-corrected chi connectivity index (χ2v) is 10.0. The van der Waals surface area contributed by atoms with Crippen LogP contribution in [0.25, 0.3) is 22.0 Å². The van der Waals surface area contributed by atoms with Gasteiger partial charge in [-0.1, -0.05) is 18.2 Å². The molecule has 2 aromatic heterocycles. The number of aromatic amines is 1. The number of aryl methyl sites for hydroxylation is 1. The number of pyridine rings is 1. The Morgan fingerprint density at radius 2 is 1.86 bits per heavy atom. The van der Waals surface area contributed by atoms with E-state index in [9.17, 15) is 13.2 Å². The van der Waals surface area contributed by atoms with Gasteiger partial charge in [0.05, 0.1) is 24.9 Å². The molecule has 43 heavy (non-hydrogen) atoms. The topological polar surface area (TPSA) is 136 Å². The molecule has 0 radical (unpaired) electrons. The Kier molecular flexibility index (Phi) is 10.9. The molecule has 0 unspecified atom stereocenters. The Bertz CT molecular complexity index is 1490. The summed E-state index contributed by atoms with van der Waals surface area (Å²) >= 11 is 0. The highest BCUT2D eigenvalue weighted by Gasteiger charge is 2.38. The summed E-state index contributed by atoms with van der Waals surface area (Å²) in [7, 11) is 0. The van der Waals surface area contributed by atoms with Crippen LogP contribution in [0.4, 0.5) is 13.2 Å². The van der Waals surface area contributed by atoms with Crippen molar-refractivity contribution in [3.05, 3.63) is 72.2 Å². The number of nitrogens with one attached hydrogen (secondary N) is 1. The second-order valence-electron chi connectivity index (χ2n) is 10.0. The van der Waals surface area contributed by atoms with Gasteiger partial charge >= 0.3 is 12.1 Å². The number of halogens is 3. The van der Waals surface area contributed by atoms with E-state index in [0.717, 1.165) is 71.9 Å². The third kappa shape index (κ3) is 9.66. The van der Waals surface area contributed by atoms with E-state index in [4.69, 9.17) is 29.8 Å². The molecule has 5 rings (SSSR count). The molecule has 4 aromatic rings. The van der Waals surface area contributed by atoms with Gasteiger partial charge in [-0.25, -0.2) is 4.79 Å². The van der Waals surface area contributed by atoms with Gasteiger partial charge in [-0.2, -0.15) is 18.3 Å². The Hall–Kier alpha value is -4.20. The molecule has 2 aromatic carbocycles. The van der Waals surface area contributed by atoms with Gasteiger partial charge < -0.3 is 25.1 Å². The maximum Gasteiger partial charge on any atom is 0.490 e. The van der Waals surface area contributed by atoms with E-state index in [-0.39, 0.29) is 6.04 Å². The van der Waals surface area contributed by atoms with Gasteiger partial charge in [-0.15, -0.1) is 0 Å². The molecule has 230 valence electrons. The van der Waals surface area contributed by atoms with Gasteiger partial charge in [0.2, 0.25) is 0 Å². The number of rotatable bonds is 10. The normalized spacial score (nSPS) is 14.5. The number of nitrogens with zero attached hydrogens (tertiary/aromatic N) is 3. The summed E-state index contributed by atoms with van der Waals surface area (Å²) in [6.07, 6.45) is -0.821.